The summed E-state index contributed by atoms with van der Waals surface area (Å²) in [6.45, 7) is 7.82. The van der Waals surface area contributed by atoms with E-state index in [0.29, 0.717) is 23.3 Å². The molecule has 2 heterocycles. The summed E-state index contributed by atoms with van der Waals surface area (Å²) < 4.78 is 34.3. The Labute approximate surface area is 126 Å². The number of ether oxygens (including phenoxy) is 1. The topological polar surface area (TPSA) is 44.1 Å². The molecule has 0 amide bonds. The number of hydrogen-bond acceptors (Lipinski definition) is 3. The molecule has 0 spiro atoms. The van der Waals surface area contributed by atoms with Crippen LogP contribution in [0.3, 0.4) is 0 Å². The van der Waals surface area contributed by atoms with Gasteiger partial charge in [0.05, 0.1) is 17.5 Å². The van der Waals surface area contributed by atoms with Gasteiger partial charge in [0.2, 0.25) is 0 Å². The van der Waals surface area contributed by atoms with Crippen molar-refractivity contribution in [1.82, 2.24) is 9.55 Å². The highest BCUT2D eigenvalue weighted by Crippen LogP contribution is 2.36. The lowest BCUT2D eigenvalue weighted by Gasteiger charge is -2.14. The molecule has 6 heteroatoms. The van der Waals surface area contributed by atoms with Crippen LogP contribution in [0.1, 0.15) is 30.3 Å². The van der Waals surface area contributed by atoms with Crippen molar-refractivity contribution in [2.45, 2.75) is 32.7 Å². The van der Waals surface area contributed by atoms with Crippen LogP contribution in [0, 0.1) is 6.92 Å². The van der Waals surface area contributed by atoms with Crippen LogP contribution < -0.4 is 5.56 Å². The van der Waals surface area contributed by atoms with Crippen molar-refractivity contribution >= 4 is 16.7 Å². The molecule has 0 N–H and O–H groups in total. The van der Waals surface area contributed by atoms with Crippen molar-refractivity contribution in [1.29, 1.82) is 0 Å². The van der Waals surface area contributed by atoms with Crippen LogP contribution in [-0.4, -0.2) is 16.2 Å². The van der Waals surface area contributed by atoms with Crippen LogP contribution in [0.25, 0.3) is 16.7 Å². The van der Waals surface area contributed by atoms with Gasteiger partial charge in [-0.25, -0.2) is 4.98 Å². The Kier molecular flexibility index (Phi) is 3.27. The molecule has 1 aromatic carbocycles. The minimum Gasteiger partial charge on any atom is -0.494 e. The zero-order valence-electron chi connectivity index (χ0n) is 12.4. The van der Waals surface area contributed by atoms with Crippen molar-refractivity contribution in [3.63, 3.8) is 0 Å². The minimum atomic E-state index is -3.08. The number of benzene rings is 1. The van der Waals surface area contributed by atoms with Crippen LogP contribution in [0.5, 0.6) is 0 Å². The predicted molar refractivity (Wildman–Crippen MR) is 79.9 cm³/mol. The van der Waals surface area contributed by atoms with Gasteiger partial charge in [0.25, 0.3) is 5.56 Å². The third kappa shape index (κ3) is 2.10. The first-order valence-electron chi connectivity index (χ1n) is 7.10. The van der Waals surface area contributed by atoms with Gasteiger partial charge in [0.1, 0.15) is 5.76 Å². The first kappa shape index (κ1) is 14.7. The van der Waals surface area contributed by atoms with Crippen molar-refractivity contribution in [2.75, 3.05) is 6.61 Å². The van der Waals surface area contributed by atoms with Crippen LogP contribution in [0.2, 0.25) is 0 Å². The molecule has 1 aliphatic heterocycles. The fourth-order valence-electron chi connectivity index (χ4n) is 2.79. The van der Waals surface area contributed by atoms with Crippen LogP contribution in [0.15, 0.2) is 23.5 Å². The average Bonchev–Trinajstić information content (AvgIpc) is 2.75. The van der Waals surface area contributed by atoms with E-state index in [1.54, 1.807) is 19.1 Å². The van der Waals surface area contributed by atoms with Gasteiger partial charge in [0.15, 0.2) is 5.82 Å². The number of hydrogen-bond donors (Lipinski definition) is 0. The average molecular weight is 306 g/mol. The summed E-state index contributed by atoms with van der Waals surface area (Å²) in [5, 5.41) is 0.317. The summed E-state index contributed by atoms with van der Waals surface area (Å²) in [5.41, 5.74) is 1.10. The van der Waals surface area contributed by atoms with E-state index in [0.717, 1.165) is 10.1 Å². The summed E-state index contributed by atoms with van der Waals surface area (Å²) >= 11 is 0. The maximum atomic E-state index is 13.9. The van der Waals surface area contributed by atoms with Gasteiger partial charge in [-0.15, -0.1) is 0 Å². The number of fused-ring (bicyclic) bond motifs is 2. The van der Waals surface area contributed by atoms with Gasteiger partial charge < -0.3 is 4.74 Å². The number of aryl methyl sites for hydroxylation is 1. The van der Waals surface area contributed by atoms with Gasteiger partial charge in [-0.1, -0.05) is 6.58 Å². The summed E-state index contributed by atoms with van der Waals surface area (Å²) in [4.78, 5) is 16.6. The monoisotopic (exact) mass is 306 g/mol. The molecule has 1 aliphatic rings. The Hall–Kier alpha value is -2.24. The second kappa shape index (κ2) is 4.90. The quantitative estimate of drug-likeness (QED) is 0.818. The van der Waals surface area contributed by atoms with Crippen molar-refractivity contribution < 1.29 is 13.5 Å². The van der Waals surface area contributed by atoms with E-state index in [4.69, 9.17) is 4.74 Å². The van der Waals surface area contributed by atoms with Crippen molar-refractivity contribution in [3.05, 3.63) is 46.0 Å². The van der Waals surface area contributed by atoms with Crippen molar-refractivity contribution in [2.24, 2.45) is 0 Å². The van der Waals surface area contributed by atoms with Crippen LogP contribution >= 0.6 is 0 Å². The molecular formula is C16H16F2N2O2. The lowest BCUT2D eigenvalue weighted by atomic mass is 10.1. The maximum Gasteiger partial charge on any atom is 0.306 e. The lowest BCUT2D eigenvalue weighted by Crippen LogP contribution is -2.24. The van der Waals surface area contributed by atoms with E-state index >= 15 is 0 Å². The molecule has 22 heavy (non-hydrogen) atoms. The zero-order chi connectivity index (χ0) is 16.1. The molecule has 0 fully saturated rings. The van der Waals surface area contributed by atoms with E-state index in [2.05, 4.69) is 11.6 Å². The molecule has 0 saturated carbocycles. The number of rotatable bonds is 3. The van der Waals surface area contributed by atoms with Gasteiger partial charge in [0, 0.05) is 18.5 Å². The Morgan fingerprint density at radius 1 is 1.50 bits per heavy atom. The summed E-state index contributed by atoms with van der Waals surface area (Å²) in [5.74, 6) is -3.23. The van der Waals surface area contributed by atoms with Crippen LogP contribution in [0.4, 0.5) is 8.78 Å². The number of nitrogens with zero attached hydrogens (tertiary/aromatic N) is 2. The second-order valence-electron chi connectivity index (χ2n) is 5.41. The van der Waals surface area contributed by atoms with Gasteiger partial charge >= 0.3 is 5.92 Å². The Morgan fingerprint density at radius 3 is 2.91 bits per heavy atom. The molecule has 0 saturated heterocycles. The molecule has 4 nitrogen and oxygen atoms in total. The molecule has 2 aromatic rings. The highest BCUT2D eigenvalue weighted by Gasteiger charge is 2.42. The van der Waals surface area contributed by atoms with E-state index in [-0.39, 0.29) is 12.1 Å². The molecule has 3 rings (SSSR count). The molecule has 0 unspecified atom stereocenters. The Balaban J connectivity index is 2.37. The van der Waals surface area contributed by atoms with Crippen molar-refractivity contribution in [3.8, 4) is 0 Å². The lowest BCUT2D eigenvalue weighted by molar-refractivity contribution is -0.00628. The number of alkyl halides is 2. The molecular weight excluding hydrogens is 290 g/mol. The van der Waals surface area contributed by atoms with Gasteiger partial charge in [-0.2, -0.15) is 8.78 Å². The summed E-state index contributed by atoms with van der Waals surface area (Å²) in [7, 11) is 0. The summed E-state index contributed by atoms with van der Waals surface area (Å²) in [6.07, 6.45) is -0.397. The standard InChI is InChI=1S/C16H16F2N2O2/c1-4-22-10(3)11-7-9(2)8-12-13(11)19-15-16(17,18)5-6-20(15)14(12)21/h7-8H,3-6H2,1-2H3. The van der Waals surface area contributed by atoms with E-state index < -0.39 is 23.7 Å². The molecule has 116 valence electrons. The van der Waals surface area contributed by atoms with E-state index in [1.165, 1.54) is 0 Å². The van der Waals surface area contributed by atoms with Crippen LogP contribution in [-0.2, 0) is 17.2 Å². The van der Waals surface area contributed by atoms with E-state index in [1.807, 2.05) is 6.92 Å². The van der Waals surface area contributed by atoms with E-state index in [9.17, 15) is 13.6 Å². The Morgan fingerprint density at radius 2 is 2.23 bits per heavy atom. The number of aromatic nitrogens is 2. The second-order valence-corrected chi connectivity index (χ2v) is 5.41. The Bertz CT molecular complexity index is 840. The highest BCUT2D eigenvalue weighted by atomic mass is 19.3. The zero-order valence-corrected chi connectivity index (χ0v) is 12.4. The van der Waals surface area contributed by atoms with Gasteiger partial charge in [-0.3, -0.25) is 9.36 Å². The van der Waals surface area contributed by atoms with Gasteiger partial charge in [-0.05, 0) is 31.5 Å². The first-order chi connectivity index (χ1) is 10.3. The molecule has 0 atom stereocenters. The molecule has 0 radical (unpaired) electrons. The number of halogens is 2. The largest absolute Gasteiger partial charge is 0.494 e. The molecule has 1 aromatic heterocycles. The smallest absolute Gasteiger partial charge is 0.306 e. The highest BCUT2D eigenvalue weighted by molar-refractivity contribution is 5.89. The third-order valence-corrected chi connectivity index (χ3v) is 3.80. The molecule has 0 bridgehead atoms. The first-order valence-corrected chi connectivity index (χ1v) is 7.10. The normalized spacial score (nSPS) is 15.8. The predicted octanol–water partition coefficient (Wildman–Crippen LogP) is 3.21. The maximum absolute atomic E-state index is 13.9. The SMILES string of the molecule is C=C(OCC)c1cc(C)cc2c(=O)n3c(nc12)C(F)(F)CC3. The molecule has 0 aliphatic carbocycles. The fourth-order valence-corrected chi connectivity index (χ4v) is 2.79. The summed E-state index contributed by atoms with van der Waals surface area (Å²) in [6, 6.07) is 3.41. The minimum absolute atomic E-state index is 0.0141. The fraction of sp³-hybridized carbons (Fsp3) is 0.375. The third-order valence-electron chi connectivity index (χ3n) is 3.80.